The zero-order valence-electron chi connectivity index (χ0n) is 20.2. The fourth-order valence-electron chi connectivity index (χ4n) is 5.26. The van der Waals surface area contributed by atoms with Gasteiger partial charge in [-0.05, 0) is 60.8 Å². The van der Waals surface area contributed by atoms with Gasteiger partial charge in [-0.25, -0.2) is 4.52 Å². The number of hydrogen-bond donors (Lipinski definition) is 2. The molecule has 3 N–H and O–H groups in total. The minimum absolute atomic E-state index is 0.298. The first-order chi connectivity index (χ1) is 15.9. The van der Waals surface area contributed by atoms with Crippen molar-refractivity contribution >= 4 is 17.1 Å². The number of carbonyl (C=O) groups excluding carboxylic acids is 1. The molecule has 6 nitrogen and oxygen atoms in total. The molecule has 2 heterocycles. The van der Waals surface area contributed by atoms with Gasteiger partial charge in [-0.15, -0.1) is 0 Å². The van der Waals surface area contributed by atoms with Crippen molar-refractivity contribution in [1.29, 1.82) is 0 Å². The van der Waals surface area contributed by atoms with Crippen molar-refractivity contribution in [2.75, 3.05) is 12.4 Å². The molecule has 1 saturated carbocycles. The zero-order chi connectivity index (χ0) is 23.5. The summed E-state index contributed by atoms with van der Waals surface area (Å²) in [5, 5.41) is 8.29. The van der Waals surface area contributed by atoms with Gasteiger partial charge in [0, 0.05) is 17.8 Å². The Balaban J connectivity index is 1.76. The van der Waals surface area contributed by atoms with E-state index >= 15 is 0 Å². The van der Waals surface area contributed by atoms with Crippen molar-refractivity contribution in [3.63, 3.8) is 0 Å². The SMILES string of the molecule is CCC(C)CC1CCCC(C)C1Nc1c(C(N)=O)cnn2cc(-c3cccc(OC)c3)cc12. The van der Waals surface area contributed by atoms with Crippen LogP contribution in [0.25, 0.3) is 16.6 Å². The molecule has 0 saturated heterocycles. The fourth-order valence-corrected chi connectivity index (χ4v) is 5.26. The molecule has 1 aliphatic carbocycles. The van der Waals surface area contributed by atoms with E-state index in [2.05, 4.69) is 37.3 Å². The Hall–Kier alpha value is -3.02. The number of rotatable bonds is 8. The van der Waals surface area contributed by atoms with Crippen LogP contribution in [0, 0.1) is 17.8 Å². The monoisotopic (exact) mass is 448 g/mol. The molecule has 0 bridgehead atoms. The Morgan fingerprint density at radius 3 is 2.85 bits per heavy atom. The minimum Gasteiger partial charge on any atom is -0.497 e. The number of amides is 1. The average molecular weight is 449 g/mol. The molecule has 1 fully saturated rings. The number of methoxy groups -OCH3 is 1. The number of primary amides is 1. The summed E-state index contributed by atoms with van der Waals surface area (Å²) in [6, 6.07) is 10.3. The molecule has 176 valence electrons. The number of hydrogen-bond acceptors (Lipinski definition) is 4. The van der Waals surface area contributed by atoms with E-state index in [1.54, 1.807) is 13.3 Å². The fraction of sp³-hybridized carbons (Fsp3) is 0.481. The number of nitrogens with zero attached hydrogens (tertiary/aromatic N) is 2. The summed E-state index contributed by atoms with van der Waals surface area (Å²) in [7, 11) is 1.67. The van der Waals surface area contributed by atoms with Crippen LogP contribution in [0.15, 0.2) is 42.7 Å². The third-order valence-corrected chi connectivity index (χ3v) is 7.37. The molecular formula is C27H36N4O2. The second-order valence-corrected chi connectivity index (χ2v) is 9.68. The van der Waals surface area contributed by atoms with Crippen LogP contribution in [0.5, 0.6) is 5.75 Å². The van der Waals surface area contributed by atoms with E-state index in [4.69, 9.17) is 10.5 Å². The lowest BCUT2D eigenvalue weighted by Crippen LogP contribution is -2.40. The smallest absolute Gasteiger partial charge is 0.252 e. The summed E-state index contributed by atoms with van der Waals surface area (Å²) >= 11 is 0. The molecule has 1 amide bonds. The van der Waals surface area contributed by atoms with Crippen LogP contribution >= 0.6 is 0 Å². The minimum atomic E-state index is -0.460. The molecule has 3 aromatic rings. The number of nitrogens with one attached hydrogen (secondary N) is 1. The van der Waals surface area contributed by atoms with Crippen molar-refractivity contribution in [3.8, 4) is 16.9 Å². The molecular weight excluding hydrogens is 412 g/mol. The summed E-state index contributed by atoms with van der Waals surface area (Å²) < 4.78 is 7.23. The lowest BCUT2D eigenvalue weighted by atomic mass is 9.73. The maximum atomic E-state index is 12.4. The third kappa shape index (κ3) is 4.85. The highest BCUT2D eigenvalue weighted by molar-refractivity contribution is 6.02. The number of nitrogens with two attached hydrogens (primary N) is 1. The van der Waals surface area contributed by atoms with Gasteiger partial charge in [0.05, 0.1) is 30.1 Å². The predicted molar refractivity (Wildman–Crippen MR) is 134 cm³/mol. The van der Waals surface area contributed by atoms with Crippen molar-refractivity contribution < 1.29 is 9.53 Å². The molecule has 0 spiro atoms. The van der Waals surface area contributed by atoms with Gasteiger partial charge in [0.15, 0.2) is 0 Å². The van der Waals surface area contributed by atoms with E-state index in [1.165, 1.54) is 32.1 Å². The van der Waals surface area contributed by atoms with Crippen molar-refractivity contribution in [1.82, 2.24) is 9.61 Å². The largest absolute Gasteiger partial charge is 0.497 e. The van der Waals surface area contributed by atoms with Gasteiger partial charge in [0.2, 0.25) is 0 Å². The van der Waals surface area contributed by atoms with Gasteiger partial charge >= 0.3 is 0 Å². The summed E-state index contributed by atoms with van der Waals surface area (Å²) in [5.41, 5.74) is 9.94. The lowest BCUT2D eigenvalue weighted by molar-refractivity contribution is 0.100. The van der Waals surface area contributed by atoms with Gasteiger partial charge in [0.1, 0.15) is 5.75 Å². The van der Waals surface area contributed by atoms with Crippen molar-refractivity contribution in [3.05, 3.63) is 48.3 Å². The summed E-state index contributed by atoms with van der Waals surface area (Å²) in [6.45, 7) is 6.92. The molecule has 4 unspecified atom stereocenters. The van der Waals surface area contributed by atoms with E-state index in [9.17, 15) is 4.79 Å². The quantitative estimate of drug-likeness (QED) is 0.459. The maximum Gasteiger partial charge on any atom is 0.252 e. The van der Waals surface area contributed by atoms with E-state index in [1.807, 2.05) is 35.0 Å². The van der Waals surface area contributed by atoms with Gasteiger partial charge in [-0.1, -0.05) is 45.7 Å². The number of anilines is 1. The van der Waals surface area contributed by atoms with Crippen LogP contribution in [0.2, 0.25) is 0 Å². The number of ether oxygens (including phenoxy) is 1. The molecule has 6 heteroatoms. The number of aromatic nitrogens is 2. The first-order valence-electron chi connectivity index (χ1n) is 12.1. The molecule has 4 rings (SSSR count). The standard InChI is InChI=1S/C27H36N4O2/c1-5-17(2)12-20-10-6-8-18(3)25(20)30-26-23(27(28)32)15-29-31-16-21(14-24(26)31)19-9-7-11-22(13-19)33-4/h7,9,11,13-18,20,25,30H,5-6,8,10,12H2,1-4H3,(H2,28,32). The Morgan fingerprint density at radius 1 is 1.30 bits per heavy atom. The van der Waals surface area contributed by atoms with Crippen LogP contribution in [0.3, 0.4) is 0 Å². The molecule has 1 aromatic carbocycles. The normalized spacial score (nSPS) is 21.6. The van der Waals surface area contributed by atoms with Crippen LogP contribution in [0.4, 0.5) is 5.69 Å². The van der Waals surface area contributed by atoms with Crippen molar-refractivity contribution in [2.45, 2.75) is 58.9 Å². The summed E-state index contributed by atoms with van der Waals surface area (Å²) in [5.74, 6) is 2.13. The topological polar surface area (TPSA) is 81.6 Å². The van der Waals surface area contributed by atoms with Gasteiger partial charge in [-0.2, -0.15) is 5.10 Å². The van der Waals surface area contributed by atoms with Gasteiger partial charge in [-0.3, -0.25) is 4.79 Å². The Morgan fingerprint density at radius 2 is 2.12 bits per heavy atom. The first-order valence-corrected chi connectivity index (χ1v) is 12.1. The summed E-state index contributed by atoms with van der Waals surface area (Å²) in [6.07, 6.45) is 9.63. The lowest BCUT2D eigenvalue weighted by Gasteiger charge is -2.39. The number of fused-ring (bicyclic) bond motifs is 1. The average Bonchev–Trinajstić information content (AvgIpc) is 3.26. The zero-order valence-corrected chi connectivity index (χ0v) is 20.2. The molecule has 0 radical (unpaired) electrons. The molecule has 4 atom stereocenters. The van der Waals surface area contributed by atoms with Crippen LogP contribution in [0.1, 0.15) is 63.2 Å². The second kappa shape index (κ2) is 9.86. The van der Waals surface area contributed by atoms with Gasteiger partial charge < -0.3 is 15.8 Å². The molecule has 2 aromatic heterocycles. The van der Waals surface area contributed by atoms with Crippen molar-refractivity contribution in [2.24, 2.45) is 23.5 Å². The van der Waals surface area contributed by atoms with Crippen LogP contribution in [-0.2, 0) is 0 Å². The Labute approximate surface area is 196 Å². The number of carbonyl (C=O) groups is 1. The first kappa shape index (κ1) is 23.1. The number of benzene rings is 1. The second-order valence-electron chi connectivity index (χ2n) is 9.68. The van der Waals surface area contributed by atoms with E-state index in [0.717, 1.165) is 28.1 Å². The maximum absolute atomic E-state index is 12.4. The highest BCUT2D eigenvalue weighted by Gasteiger charge is 2.32. The molecule has 1 aliphatic rings. The third-order valence-electron chi connectivity index (χ3n) is 7.37. The van der Waals surface area contributed by atoms with Gasteiger partial charge in [0.25, 0.3) is 5.91 Å². The van der Waals surface area contributed by atoms with Crippen LogP contribution < -0.4 is 15.8 Å². The summed E-state index contributed by atoms with van der Waals surface area (Å²) in [4.78, 5) is 12.4. The Kier molecular flexibility index (Phi) is 6.91. The molecule has 33 heavy (non-hydrogen) atoms. The van der Waals surface area contributed by atoms with E-state index in [0.29, 0.717) is 29.4 Å². The molecule has 0 aliphatic heterocycles. The Bertz CT molecular complexity index is 1120. The van der Waals surface area contributed by atoms with E-state index in [-0.39, 0.29) is 0 Å². The highest BCUT2D eigenvalue weighted by Crippen LogP contribution is 2.38. The highest BCUT2D eigenvalue weighted by atomic mass is 16.5. The predicted octanol–water partition coefficient (Wildman–Crippen LogP) is 5.76. The van der Waals surface area contributed by atoms with Crippen LogP contribution in [-0.4, -0.2) is 28.7 Å². The van der Waals surface area contributed by atoms with E-state index < -0.39 is 5.91 Å².